The van der Waals surface area contributed by atoms with E-state index in [1.54, 1.807) is 11.8 Å². The van der Waals surface area contributed by atoms with Crippen molar-refractivity contribution < 1.29 is 9.90 Å². The van der Waals surface area contributed by atoms with E-state index in [1.807, 2.05) is 13.8 Å². The Morgan fingerprint density at radius 1 is 1.46 bits per heavy atom. The van der Waals surface area contributed by atoms with Gasteiger partial charge in [0.05, 0.1) is 5.41 Å². The van der Waals surface area contributed by atoms with Crippen LogP contribution in [-0.2, 0) is 4.79 Å². The Balaban J connectivity index is 4.00. The first kappa shape index (κ1) is 12.8. The Morgan fingerprint density at radius 3 is 2.46 bits per heavy atom. The van der Waals surface area contributed by atoms with Crippen molar-refractivity contribution in [2.24, 2.45) is 5.41 Å². The molecule has 1 N–H and O–H groups in total. The van der Waals surface area contributed by atoms with Crippen LogP contribution in [0.15, 0.2) is 0 Å². The zero-order chi connectivity index (χ0) is 10.3. The van der Waals surface area contributed by atoms with Crippen LogP contribution in [0.25, 0.3) is 0 Å². The van der Waals surface area contributed by atoms with E-state index in [-0.39, 0.29) is 0 Å². The predicted octanol–water partition coefficient (Wildman–Crippen LogP) is 3.02. The molecule has 0 aromatic heterocycles. The van der Waals surface area contributed by atoms with Gasteiger partial charge >= 0.3 is 5.97 Å². The Kier molecular flexibility index (Phi) is 6.21. The van der Waals surface area contributed by atoms with Gasteiger partial charge in [0.15, 0.2) is 0 Å². The summed E-state index contributed by atoms with van der Waals surface area (Å²) in [4.78, 5) is 11.0. The summed E-state index contributed by atoms with van der Waals surface area (Å²) in [5, 5.41) is 9.06. The van der Waals surface area contributed by atoms with E-state index in [4.69, 9.17) is 5.11 Å². The van der Waals surface area contributed by atoms with Crippen LogP contribution in [0.1, 0.15) is 39.5 Å². The minimum atomic E-state index is -0.643. The highest BCUT2D eigenvalue weighted by Gasteiger charge is 2.30. The Labute approximate surface area is 85.1 Å². The lowest BCUT2D eigenvalue weighted by Gasteiger charge is -2.23. The lowest BCUT2D eigenvalue weighted by molar-refractivity contribution is -0.148. The molecule has 0 aromatic rings. The normalized spacial score (nSPS) is 15.3. The molecule has 78 valence electrons. The molecular formula is C10H20O2S. The van der Waals surface area contributed by atoms with Crippen LogP contribution in [0.2, 0.25) is 0 Å². The van der Waals surface area contributed by atoms with Crippen LogP contribution in [-0.4, -0.2) is 23.1 Å². The third kappa shape index (κ3) is 4.55. The largest absolute Gasteiger partial charge is 0.481 e. The van der Waals surface area contributed by atoms with Gasteiger partial charge in [-0.2, -0.15) is 11.8 Å². The zero-order valence-electron chi connectivity index (χ0n) is 8.80. The highest BCUT2D eigenvalue weighted by atomic mass is 32.2. The quantitative estimate of drug-likeness (QED) is 0.648. The first-order chi connectivity index (χ1) is 6.06. The van der Waals surface area contributed by atoms with Gasteiger partial charge in [0.2, 0.25) is 0 Å². The van der Waals surface area contributed by atoms with Crippen molar-refractivity contribution >= 4 is 17.7 Å². The molecule has 0 aliphatic rings. The fraction of sp³-hybridized carbons (Fsp3) is 0.900. The molecule has 0 aromatic carbocycles. The molecule has 0 spiro atoms. The standard InChI is InChI=1S/C10H20O2S/c1-4-6-10(2,9(11)12)7-5-8-13-3/h4-8H2,1-3H3,(H,11,12). The van der Waals surface area contributed by atoms with Gasteiger partial charge in [-0.1, -0.05) is 13.3 Å². The highest BCUT2D eigenvalue weighted by molar-refractivity contribution is 7.98. The SMILES string of the molecule is CCCC(C)(CCCSC)C(=O)O. The minimum Gasteiger partial charge on any atom is -0.481 e. The molecule has 1 unspecified atom stereocenters. The second-order valence-corrected chi connectivity index (χ2v) is 4.70. The zero-order valence-corrected chi connectivity index (χ0v) is 9.62. The second-order valence-electron chi connectivity index (χ2n) is 3.71. The number of carboxylic acids is 1. The molecule has 0 aliphatic heterocycles. The van der Waals surface area contributed by atoms with Crippen LogP contribution in [0.5, 0.6) is 0 Å². The van der Waals surface area contributed by atoms with Crippen molar-refractivity contribution in [3.8, 4) is 0 Å². The molecule has 0 fully saturated rings. The number of aliphatic carboxylic acids is 1. The molecule has 0 saturated heterocycles. The minimum absolute atomic E-state index is 0.496. The summed E-state index contributed by atoms with van der Waals surface area (Å²) in [5.41, 5.74) is -0.496. The summed E-state index contributed by atoms with van der Waals surface area (Å²) >= 11 is 1.78. The van der Waals surface area contributed by atoms with Gasteiger partial charge in [-0.15, -0.1) is 0 Å². The Hall–Kier alpha value is -0.180. The van der Waals surface area contributed by atoms with Crippen molar-refractivity contribution in [3.63, 3.8) is 0 Å². The lowest BCUT2D eigenvalue weighted by Crippen LogP contribution is -2.27. The molecule has 0 radical (unpaired) electrons. The van der Waals surface area contributed by atoms with E-state index in [0.717, 1.165) is 31.4 Å². The van der Waals surface area contributed by atoms with Crippen molar-refractivity contribution in [1.82, 2.24) is 0 Å². The molecule has 1 atom stereocenters. The Morgan fingerprint density at radius 2 is 2.08 bits per heavy atom. The van der Waals surface area contributed by atoms with Crippen molar-refractivity contribution in [3.05, 3.63) is 0 Å². The van der Waals surface area contributed by atoms with E-state index >= 15 is 0 Å². The molecule has 0 amide bonds. The number of thioether (sulfide) groups is 1. The molecule has 0 bridgehead atoms. The molecule has 0 heterocycles. The number of hydrogen-bond donors (Lipinski definition) is 1. The third-order valence-corrected chi connectivity index (χ3v) is 3.09. The summed E-state index contributed by atoms with van der Waals surface area (Å²) in [5.74, 6) is 0.419. The molecule has 3 heteroatoms. The number of hydrogen-bond acceptors (Lipinski definition) is 2. The topological polar surface area (TPSA) is 37.3 Å². The molecule has 0 saturated carbocycles. The maximum atomic E-state index is 11.0. The fourth-order valence-electron chi connectivity index (χ4n) is 1.50. The maximum Gasteiger partial charge on any atom is 0.309 e. The van der Waals surface area contributed by atoms with Gasteiger partial charge < -0.3 is 5.11 Å². The summed E-state index contributed by atoms with van der Waals surface area (Å²) in [6.45, 7) is 3.90. The average molecular weight is 204 g/mol. The number of carboxylic acid groups (broad SMARTS) is 1. The monoisotopic (exact) mass is 204 g/mol. The summed E-state index contributed by atoms with van der Waals surface area (Å²) in [7, 11) is 0. The molecule has 2 nitrogen and oxygen atoms in total. The summed E-state index contributed by atoms with van der Waals surface area (Å²) in [6.07, 6.45) is 5.59. The van der Waals surface area contributed by atoms with E-state index < -0.39 is 11.4 Å². The molecule has 13 heavy (non-hydrogen) atoms. The number of rotatable bonds is 7. The van der Waals surface area contributed by atoms with Crippen LogP contribution in [0, 0.1) is 5.41 Å². The van der Waals surface area contributed by atoms with Crippen LogP contribution in [0.4, 0.5) is 0 Å². The first-order valence-corrected chi connectivity index (χ1v) is 6.18. The van der Waals surface area contributed by atoms with E-state index in [1.165, 1.54) is 0 Å². The van der Waals surface area contributed by atoms with E-state index in [0.29, 0.717) is 0 Å². The van der Waals surface area contributed by atoms with Gasteiger partial charge in [-0.3, -0.25) is 4.79 Å². The van der Waals surface area contributed by atoms with E-state index in [2.05, 4.69) is 6.26 Å². The van der Waals surface area contributed by atoms with Crippen LogP contribution < -0.4 is 0 Å². The first-order valence-electron chi connectivity index (χ1n) is 4.79. The van der Waals surface area contributed by atoms with E-state index in [9.17, 15) is 4.79 Å². The third-order valence-electron chi connectivity index (χ3n) is 2.40. The fourth-order valence-corrected chi connectivity index (χ4v) is 1.93. The van der Waals surface area contributed by atoms with Gasteiger partial charge in [0.25, 0.3) is 0 Å². The van der Waals surface area contributed by atoms with Crippen molar-refractivity contribution in [1.29, 1.82) is 0 Å². The van der Waals surface area contributed by atoms with Crippen molar-refractivity contribution in [2.45, 2.75) is 39.5 Å². The van der Waals surface area contributed by atoms with Gasteiger partial charge in [0.1, 0.15) is 0 Å². The van der Waals surface area contributed by atoms with Gasteiger partial charge in [0, 0.05) is 0 Å². The second kappa shape index (κ2) is 6.30. The van der Waals surface area contributed by atoms with Crippen LogP contribution >= 0.6 is 11.8 Å². The molecule has 0 aliphatic carbocycles. The maximum absolute atomic E-state index is 11.0. The average Bonchev–Trinajstić information content (AvgIpc) is 2.05. The van der Waals surface area contributed by atoms with Gasteiger partial charge in [-0.05, 0) is 38.2 Å². The van der Waals surface area contributed by atoms with Gasteiger partial charge in [-0.25, -0.2) is 0 Å². The molecule has 0 rings (SSSR count). The lowest BCUT2D eigenvalue weighted by atomic mass is 9.81. The predicted molar refractivity (Wildman–Crippen MR) is 58.3 cm³/mol. The highest BCUT2D eigenvalue weighted by Crippen LogP contribution is 2.29. The molecular weight excluding hydrogens is 184 g/mol. The van der Waals surface area contributed by atoms with Crippen LogP contribution in [0.3, 0.4) is 0 Å². The summed E-state index contributed by atoms with van der Waals surface area (Å²) in [6, 6.07) is 0. The number of carbonyl (C=O) groups is 1. The smallest absolute Gasteiger partial charge is 0.309 e. The summed E-state index contributed by atoms with van der Waals surface area (Å²) < 4.78 is 0. The van der Waals surface area contributed by atoms with Crippen molar-refractivity contribution in [2.75, 3.05) is 12.0 Å². The Bertz CT molecular complexity index is 159.